The molecule has 0 radical (unpaired) electrons. The lowest BCUT2D eigenvalue weighted by atomic mass is 9.82. The number of carbonyl (C=O) groups excluding carboxylic acids is 4. The Hall–Kier alpha value is -7.21. The molecule has 2 aliphatic heterocycles. The summed E-state index contributed by atoms with van der Waals surface area (Å²) < 4.78 is 134. The number of benzene rings is 2. The Balaban J connectivity index is 1.32. The number of pyridine rings is 1. The van der Waals surface area contributed by atoms with Crippen LogP contribution in [0.5, 0.6) is 0 Å². The summed E-state index contributed by atoms with van der Waals surface area (Å²) in [4.78, 5) is 70.2. The highest BCUT2D eigenvalue weighted by Crippen LogP contribution is 2.42. The van der Waals surface area contributed by atoms with Gasteiger partial charge in [0.2, 0.25) is 5.91 Å². The molecule has 79 heavy (non-hydrogen) atoms. The number of hydrogen-bond donors (Lipinski definition) is 5. The van der Waals surface area contributed by atoms with Crippen LogP contribution in [0.4, 0.5) is 50.5 Å². The van der Waals surface area contributed by atoms with Gasteiger partial charge in [0, 0.05) is 79.1 Å². The number of alkyl carbamates (subject to hydrolysis) is 2. The molecule has 0 saturated carbocycles. The van der Waals surface area contributed by atoms with E-state index in [1.54, 1.807) is 18.3 Å². The Morgan fingerprint density at radius 2 is 1.32 bits per heavy atom. The van der Waals surface area contributed by atoms with Gasteiger partial charge in [0.15, 0.2) is 5.82 Å². The lowest BCUT2D eigenvalue weighted by Gasteiger charge is -2.49. The number of aliphatic hydroxyl groups is 1. The minimum Gasteiger partial charge on any atom is -0.453 e. The zero-order valence-corrected chi connectivity index (χ0v) is 44.4. The molecule has 4 heterocycles. The first kappa shape index (κ1) is 61.0. The van der Waals surface area contributed by atoms with Gasteiger partial charge in [-0.05, 0) is 96.0 Å². The number of piperazine rings is 1. The second-order valence-corrected chi connectivity index (χ2v) is 20.4. The molecule has 6 atom stereocenters. The summed E-state index contributed by atoms with van der Waals surface area (Å²) in [5.41, 5.74) is -3.58. The maximum absolute atomic E-state index is 16.0. The first-order valence-corrected chi connectivity index (χ1v) is 24.8. The molecule has 2 saturated heterocycles. The van der Waals surface area contributed by atoms with Gasteiger partial charge >= 0.3 is 24.5 Å². The Kier molecular flexibility index (Phi) is 19.5. The van der Waals surface area contributed by atoms with E-state index in [1.807, 2.05) is 22.8 Å². The van der Waals surface area contributed by atoms with Crippen molar-refractivity contribution in [1.82, 2.24) is 46.2 Å². The number of amides is 4. The Morgan fingerprint density at radius 3 is 1.82 bits per heavy atom. The average molecular weight is 1120 g/mol. The number of nitrogens with one attached hydrogen (secondary N) is 4. The van der Waals surface area contributed by atoms with E-state index in [4.69, 9.17) is 4.74 Å². The van der Waals surface area contributed by atoms with Crippen LogP contribution in [0.1, 0.15) is 63.8 Å². The summed E-state index contributed by atoms with van der Waals surface area (Å²) in [5, 5.41) is 18.7. The fourth-order valence-electron chi connectivity index (χ4n) is 8.77. The van der Waals surface area contributed by atoms with Crippen LogP contribution >= 0.6 is 0 Å². The standard InChI is InChI=1S/C53H62F8N10O8/c1-30-25-71(31(2)24-70(30)36-28-79-29-36)42-17-16-34(23-64-42)15-12-32-10-13-33(14-11-32)20-40(65-46(73)43(66-48(75)77-7)50(3,4)52(56,57)58)41(72)27-69(68-47(74)44(67-49(76)78-8)51(5,6)53(59,60)61)26-37-38(54)21-35(22-39(37)55)45-62-18-9-19-63-45/h9-11,13-14,16-19,21-23,30-31,36,40-41,43-44,72H,20,24-29H2,1-8H3,(H,65,73)(H,66,75)(H,67,76)(H,68,74)/t30-,31-,40+,41+,43-,44-/m1/s1. The van der Waals surface area contributed by atoms with Crippen molar-refractivity contribution < 1.29 is 73.6 Å². The van der Waals surface area contributed by atoms with Crippen molar-refractivity contribution in [3.8, 4) is 23.2 Å². The summed E-state index contributed by atoms with van der Waals surface area (Å²) in [5.74, 6) is 1.07. The minimum absolute atomic E-state index is 0.0989. The summed E-state index contributed by atoms with van der Waals surface area (Å²) >= 11 is 0. The normalized spacial score (nSPS) is 18.0. The predicted molar refractivity (Wildman–Crippen MR) is 270 cm³/mol. The number of methoxy groups -OCH3 is 2. The summed E-state index contributed by atoms with van der Waals surface area (Å²) in [7, 11) is 1.65. The van der Waals surface area contributed by atoms with E-state index in [1.165, 1.54) is 30.6 Å². The van der Waals surface area contributed by atoms with Gasteiger partial charge in [-0.25, -0.2) is 38.3 Å². The van der Waals surface area contributed by atoms with Gasteiger partial charge < -0.3 is 40.2 Å². The molecular weight excluding hydrogens is 1060 g/mol. The molecule has 0 unspecified atom stereocenters. The van der Waals surface area contributed by atoms with E-state index in [9.17, 15) is 50.6 Å². The van der Waals surface area contributed by atoms with Crippen molar-refractivity contribution in [2.24, 2.45) is 10.8 Å². The third-order valence-electron chi connectivity index (χ3n) is 14.0. The molecule has 0 bridgehead atoms. The third-order valence-corrected chi connectivity index (χ3v) is 14.0. The molecular formula is C53H62F8N10O8. The molecule has 2 aliphatic rings. The number of hydrogen-bond acceptors (Lipinski definition) is 14. The van der Waals surface area contributed by atoms with Crippen molar-refractivity contribution >= 4 is 29.8 Å². The third kappa shape index (κ3) is 14.9. The van der Waals surface area contributed by atoms with Crippen LogP contribution in [0, 0.1) is 34.3 Å². The number of aliphatic hydroxyl groups excluding tert-OH is 1. The van der Waals surface area contributed by atoms with Crippen molar-refractivity contribution in [2.75, 3.05) is 52.0 Å². The monoisotopic (exact) mass is 1120 g/mol. The topological polar surface area (TPSA) is 213 Å². The highest BCUT2D eigenvalue weighted by atomic mass is 19.4. The molecule has 2 aromatic heterocycles. The summed E-state index contributed by atoms with van der Waals surface area (Å²) in [6.45, 7) is 7.67. The van der Waals surface area contributed by atoms with E-state index >= 15 is 8.78 Å². The van der Waals surface area contributed by atoms with Crippen LogP contribution in [0.3, 0.4) is 0 Å². The van der Waals surface area contributed by atoms with Crippen LogP contribution in [-0.2, 0) is 36.8 Å². The Morgan fingerprint density at radius 1 is 0.772 bits per heavy atom. The van der Waals surface area contributed by atoms with Gasteiger partial charge in [-0.15, -0.1) is 0 Å². The second-order valence-electron chi connectivity index (χ2n) is 20.4. The maximum atomic E-state index is 16.0. The molecule has 6 rings (SSSR count). The number of carbonyl (C=O) groups is 4. The molecule has 428 valence electrons. The lowest BCUT2D eigenvalue weighted by molar-refractivity contribution is -0.221. The molecule has 2 aromatic carbocycles. The van der Waals surface area contributed by atoms with Gasteiger partial charge in [0.05, 0.1) is 56.5 Å². The predicted octanol–water partition coefficient (Wildman–Crippen LogP) is 6.06. The van der Waals surface area contributed by atoms with E-state index < -0.39 is 108 Å². The van der Waals surface area contributed by atoms with Crippen LogP contribution in [0.15, 0.2) is 73.2 Å². The molecule has 2 fully saturated rings. The van der Waals surface area contributed by atoms with E-state index in [-0.39, 0.29) is 23.5 Å². The first-order valence-electron chi connectivity index (χ1n) is 24.8. The van der Waals surface area contributed by atoms with Crippen LogP contribution in [0.25, 0.3) is 11.4 Å². The number of rotatable bonds is 18. The van der Waals surface area contributed by atoms with Crippen molar-refractivity contribution in [3.63, 3.8) is 0 Å². The van der Waals surface area contributed by atoms with Gasteiger partial charge in [0.25, 0.3) is 5.91 Å². The fourth-order valence-corrected chi connectivity index (χ4v) is 8.77. The lowest BCUT2D eigenvalue weighted by Crippen LogP contribution is -2.63. The Labute approximate surface area is 450 Å². The number of ether oxygens (including phenoxy) is 3. The Bertz CT molecular complexity index is 2810. The van der Waals surface area contributed by atoms with E-state index in [2.05, 4.69) is 70.7 Å². The second kappa shape index (κ2) is 25.3. The largest absolute Gasteiger partial charge is 0.453 e. The van der Waals surface area contributed by atoms with Gasteiger partial charge in [0.1, 0.15) is 29.5 Å². The SMILES string of the molecule is COC(=O)N[C@H](C(=O)N[C@@H](Cc1ccc(C#Cc2ccc(N3C[C@@H](C)N(C4COC4)C[C@H]3C)nc2)cc1)[C@@H](O)CN(Cc1c(F)cc(-c2ncccn2)cc1F)NC(=O)[C@@H](NC(=O)OC)C(C)(C)C(F)(F)F)C(C)(C)C(F)(F)F. The van der Waals surface area contributed by atoms with Gasteiger partial charge in [-0.3, -0.25) is 19.9 Å². The number of alkyl halides is 6. The summed E-state index contributed by atoms with van der Waals surface area (Å²) in [6, 6.07) is 7.22. The molecule has 0 aliphatic carbocycles. The van der Waals surface area contributed by atoms with Crippen LogP contribution < -0.4 is 26.3 Å². The van der Waals surface area contributed by atoms with Crippen LogP contribution in [-0.4, -0.2) is 156 Å². The molecule has 26 heteroatoms. The molecule has 4 amide bonds. The number of aromatic nitrogens is 3. The molecule has 18 nitrogen and oxygen atoms in total. The highest BCUT2D eigenvalue weighted by Gasteiger charge is 2.57. The number of nitrogens with zero attached hydrogens (tertiary/aromatic N) is 6. The summed E-state index contributed by atoms with van der Waals surface area (Å²) in [6.07, 6.45) is -11.5. The van der Waals surface area contributed by atoms with E-state index in [0.717, 1.165) is 58.5 Å². The van der Waals surface area contributed by atoms with Crippen molar-refractivity contribution in [3.05, 3.63) is 107 Å². The number of hydrazine groups is 1. The first-order chi connectivity index (χ1) is 37.0. The molecule has 4 aromatic rings. The molecule has 0 spiro atoms. The maximum Gasteiger partial charge on any atom is 0.407 e. The van der Waals surface area contributed by atoms with Crippen LogP contribution in [0.2, 0.25) is 0 Å². The minimum atomic E-state index is -5.19. The molecule has 5 N–H and O–H groups in total. The smallest absolute Gasteiger partial charge is 0.407 e. The average Bonchev–Trinajstić information content (AvgIpc) is 3.50. The van der Waals surface area contributed by atoms with E-state index in [0.29, 0.717) is 55.4 Å². The van der Waals surface area contributed by atoms with Crippen molar-refractivity contribution in [2.45, 2.75) is 109 Å². The zero-order chi connectivity index (χ0) is 58.2. The number of anilines is 1. The van der Waals surface area contributed by atoms with Crippen molar-refractivity contribution in [1.29, 1.82) is 0 Å². The van der Waals surface area contributed by atoms with Gasteiger partial charge in [-0.2, -0.15) is 26.3 Å². The number of halogens is 8. The highest BCUT2D eigenvalue weighted by molar-refractivity contribution is 5.87. The fraction of sp³-hybridized carbons (Fsp3) is 0.491. The quantitative estimate of drug-likeness (QED) is 0.0436. The zero-order valence-electron chi connectivity index (χ0n) is 44.4. The van der Waals surface area contributed by atoms with Gasteiger partial charge in [-0.1, -0.05) is 24.0 Å².